The van der Waals surface area contributed by atoms with E-state index < -0.39 is 0 Å². The highest BCUT2D eigenvalue weighted by Gasteiger charge is 2.34. The molecule has 8 nitrogen and oxygen atoms in total. The van der Waals surface area contributed by atoms with Gasteiger partial charge in [0.25, 0.3) is 0 Å². The van der Waals surface area contributed by atoms with Gasteiger partial charge < -0.3 is 4.90 Å². The quantitative estimate of drug-likeness (QED) is 0.757. The number of carbonyl (C=O) groups is 1. The second kappa shape index (κ2) is 7.81. The Hall–Kier alpha value is -1.49. The van der Waals surface area contributed by atoms with Gasteiger partial charge in [0.15, 0.2) is 0 Å². The highest BCUT2D eigenvalue weighted by atomic mass is 32.1. The number of piperazine rings is 1. The molecule has 1 aliphatic heterocycles. The standard InChI is InChI=1S/C15H23N7OS2/c1-10-16-18-13(24-10)8-21-5-6-22(9-14-19-17-11(2)25-14)12(7-21)15(23)20(3)4/h12H,5-9H2,1-4H3. The smallest absolute Gasteiger partial charge is 0.240 e. The Morgan fingerprint density at radius 3 is 2.16 bits per heavy atom. The summed E-state index contributed by atoms with van der Waals surface area (Å²) in [5.41, 5.74) is 0. The molecule has 0 radical (unpaired) electrons. The number of carbonyl (C=O) groups excluding carboxylic acids is 1. The number of nitrogens with zero attached hydrogens (tertiary/aromatic N) is 7. The summed E-state index contributed by atoms with van der Waals surface area (Å²) in [5.74, 6) is 0.124. The number of amides is 1. The van der Waals surface area contributed by atoms with Crippen LogP contribution in [0, 0.1) is 13.8 Å². The third kappa shape index (κ3) is 4.57. The Labute approximate surface area is 155 Å². The second-order valence-electron chi connectivity index (χ2n) is 6.38. The molecule has 1 unspecified atom stereocenters. The molecule has 2 aromatic rings. The fourth-order valence-electron chi connectivity index (χ4n) is 2.91. The van der Waals surface area contributed by atoms with Gasteiger partial charge in [0, 0.05) is 33.7 Å². The number of rotatable bonds is 5. The zero-order chi connectivity index (χ0) is 18.0. The number of hydrogen-bond donors (Lipinski definition) is 0. The van der Waals surface area contributed by atoms with Gasteiger partial charge in [0.1, 0.15) is 26.1 Å². The van der Waals surface area contributed by atoms with Crippen molar-refractivity contribution < 1.29 is 4.79 Å². The first-order chi connectivity index (χ1) is 11.9. The van der Waals surface area contributed by atoms with Crippen LogP contribution in [0.4, 0.5) is 0 Å². The number of likely N-dealkylation sites (N-methyl/N-ethyl adjacent to an activating group) is 1. The van der Waals surface area contributed by atoms with Gasteiger partial charge in [0.05, 0.1) is 13.1 Å². The fourth-order valence-corrected chi connectivity index (χ4v) is 4.40. The first-order valence-electron chi connectivity index (χ1n) is 8.18. The first kappa shape index (κ1) is 18.3. The molecule has 1 atom stereocenters. The minimum Gasteiger partial charge on any atom is -0.347 e. The minimum atomic E-state index is -0.179. The van der Waals surface area contributed by atoms with E-state index in [1.54, 1.807) is 27.6 Å². The summed E-state index contributed by atoms with van der Waals surface area (Å²) in [4.78, 5) is 18.9. The fraction of sp³-hybridized carbons (Fsp3) is 0.667. The van der Waals surface area contributed by atoms with E-state index in [1.165, 1.54) is 0 Å². The molecule has 10 heteroatoms. The van der Waals surface area contributed by atoms with Crippen LogP contribution in [-0.2, 0) is 17.9 Å². The zero-order valence-corrected chi connectivity index (χ0v) is 16.6. The average molecular weight is 382 g/mol. The Bertz CT molecular complexity index is 729. The Morgan fingerprint density at radius 1 is 1.04 bits per heavy atom. The average Bonchev–Trinajstić information content (AvgIpc) is 3.16. The van der Waals surface area contributed by atoms with E-state index in [4.69, 9.17) is 0 Å². The molecule has 1 fully saturated rings. The van der Waals surface area contributed by atoms with Crippen LogP contribution < -0.4 is 0 Å². The third-order valence-corrected chi connectivity index (χ3v) is 5.78. The van der Waals surface area contributed by atoms with Gasteiger partial charge in [-0.05, 0) is 13.8 Å². The summed E-state index contributed by atoms with van der Waals surface area (Å²) >= 11 is 3.20. The van der Waals surface area contributed by atoms with Crippen molar-refractivity contribution in [1.29, 1.82) is 0 Å². The topological polar surface area (TPSA) is 78.4 Å². The van der Waals surface area contributed by atoms with Crippen LogP contribution in [0.3, 0.4) is 0 Å². The molecular formula is C15H23N7OS2. The molecule has 3 rings (SSSR count). The highest BCUT2D eigenvalue weighted by molar-refractivity contribution is 7.11. The lowest BCUT2D eigenvalue weighted by Gasteiger charge is -2.40. The molecule has 136 valence electrons. The molecule has 2 aromatic heterocycles. The van der Waals surface area contributed by atoms with Crippen molar-refractivity contribution in [3.63, 3.8) is 0 Å². The number of aromatic nitrogens is 4. The van der Waals surface area contributed by atoms with E-state index in [1.807, 2.05) is 27.9 Å². The van der Waals surface area contributed by atoms with E-state index >= 15 is 0 Å². The summed E-state index contributed by atoms with van der Waals surface area (Å²) in [6, 6.07) is -0.179. The largest absolute Gasteiger partial charge is 0.347 e. The van der Waals surface area contributed by atoms with Gasteiger partial charge in [-0.25, -0.2) is 0 Å². The summed E-state index contributed by atoms with van der Waals surface area (Å²) in [6.07, 6.45) is 0. The normalized spacial score (nSPS) is 19.3. The van der Waals surface area contributed by atoms with Crippen molar-refractivity contribution in [3.05, 3.63) is 20.0 Å². The summed E-state index contributed by atoms with van der Waals surface area (Å²) in [6.45, 7) is 7.73. The van der Waals surface area contributed by atoms with Crippen LogP contribution in [0.2, 0.25) is 0 Å². The van der Waals surface area contributed by atoms with Gasteiger partial charge in [-0.3, -0.25) is 14.6 Å². The van der Waals surface area contributed by atoms with Crippen LogP contribution in [-0.4, -0.2) is 80.8 Å². The lowest BCUT2D eigenvalue weighted by atomic mass is 10.1. The molecule has 0 N–H and O–H groups in total. The van der Waals surface area contributed by atoms with Crippen molar-refractivity contribution in [2.75, 3.05) is 33.7 Å². The van der Waals surface area contributed by atoms with Crippen LogP contribution >= 0.6 is 22.7 Å². The highest BCUT2D eigenvalue weighted by Crippen LogP contribution is 2.20. The van der Waals surface area contributed by atoms with Crippen molar-refractivity contribution >= 4 is 28.6 Å². The first-order valence-corrected chi connectivity index (χ1v) is 9.81. The molecule has 0 spiro atoms. The van der Waals surface area contributed by atoms with Crippen molar-refractivity contribution in [2.45, 2.75) is 33.0 Å². The molecule has 0 saturated carbocycles. The third-order valence-electron chi connectivity index (χ3n) is 4.13. The van der Waals surface area contributed by atoms with Gasteiger partial charge in [-0.2, -0.15) is 0 Å². The van der Waals surface area contributed by atoms with Crippen LogP contribution in [0.5, 0.6) is 0 Å². The van der Waals surface area contributed by atoms with Crippen LogP contribution in [0.25, 0.3) is 0 Å². The number of hydrogen-bond acceptors (Lipinski definition) is 9. The van der Waals surface area contributed by atoms with Crippen molar-refractivity contribution in [3.8, 4) is 0 Å². The van der Waals surface area contributed by atoms with E-state index in [-0.39, 0.29) is 11.9 Å². The van der Waals surface area contributed by atoms with E-state index in [0.717, 1.165) is 39.7 Å². The summed E-state index contributed by atoms with van der Waals surface area (Å²) < 4.78 is 0. The molecular weight excluding hydrogens is 358 g/mol. The zero-order valence-electron chi connectivity index (χ0n) is 15.0. The van der Waals surface area contributed by atoms with Gasteiger partial charge in [0.2, 0.25) is 5.91 Å². The summed E-state index contributed by atoms with van der Waals surface area (Å²) in [7, 11) is 3.62. The van der Waals surface area contributed by atoms with Gasteiger partial charge in [-0.15, -0.1) is 43.1 Å². The van der Waals surface area contributed by atoms with Gasteiger partial charge >= 0.3 is 0 Å². The van der Waals surface area contributed by atoms with E-state index in [0.29, 0.717) is 13.1 Å². The Balaban J connectivity index is 1.70. The summed E-state index contributed by atoms with van der Waals surface area (Å²) in [5, 5.41) is 20.5. The maximum Gasteiger partial charge on any atom is 0.240 e. The van der Waals surface area contributed by atoms with Crippen molar-refractivity contribution in [2.24, 2.45) is 0 Å². The molecule has 3 heterocycles. The van der Waals surface area contributed by atoms with Gasteiger partial charge in [-0.1, -0.05) is 0 Å². The molecule has 1 saturated heterocycles. The van der Waals surface area contributed by atoms with Crippen molar-refractivity contribution in [1.82, 2.24) is 35.1 Å². The molecule has 0 bridgehead atoms. The molecule has 0 aliphatic carbocycles. The maximum absolute atomic E-state index is 12.7. The number of aryl methyl sites for hydroxylation is 2. The van der Waals surface area contributed by atoms with E-state index in [9.17, 15) is 4.79 Å². The Kier molecular flexibility index (Phi) is 5.72. The lowest BCUT2D eigenvalue weighted by molar-refractivity contribution is -0.137. The predicted molar refractivity (Wildman–Crippen MR) is 97.5 cm³/mol. The Morgan fingerprint density at radius 2 is 1.64 bits per heavy atom. The van der Waals surface area contributed by atoms with Crippen LogP contribution in [0.15, 0.2) is 0 Å². The SMILES string of the molecule is Cc1nnc(CN2CCN(Cc3nnc(C)s3)C(C(=O)N(C)C)C2)s1. The predicted octanol–water partition coefficient (Wildman–Crippen LogP) is 0.781. The molecule has 1 aliphatic rings. The maximum atomic E-state index is 12.7. The lowest BCUT2D eigenvalue weighted by Crippen LogP contribution is -2.58. The molecule has 0 aromatic carbocycles. The molecule has 1 amide bonds. The second-order valence-corrected chi connectivity index (χ2v) is 8.92. The van der Waals surface area contributed by atoms with Crippen LogP contribution in [0.1, 0.15) is 20.0 Å². The minimum absolute atomic E-state index is 0.124. The molecule has 25 heavy (non-hydrogen) atoms. The monoisotopic (exact) mass is 381 g/mol. The van der Waals surface area contributed by atoms with E-state index in [2.05, 4.69) is 30.2 Å².